The summed E-state index contributed by atoms with van der Waals surface area (Å²) in [6.07, 6.45) is 1.88. The molecule has 0 unspecified atom stereocenters. The fourth-order valence-electron chi connectivity index (χ4n) is 2.13. The Bertz CT molecular complexity index is 631. The predicted molar refractivity (Wildman–Crippen MR) is 90.6 cm³/mol. The Morgan fingerprint density at radius 1 is 1.18 bits per heavy atom. The number of rotatable bonds is 6. The van der Waals surface area contributed by atoms with Crippen LogP contribution in [0.2, 0.25) is 0 Å². The summed E-state index contributed by atoms with van der Waals surface area (Å²) in [5.41, 5.74) is 2.07. The van der Waals surface area contributed by atoms with Crippen molar-refractivity contribution < 1.29 is 13.2 Å². The van der Waals surface area contributed by atoms with Crippen molar-refractivity contribution >= 4 is 21.6 Å². The fraction of sp³-hybridized carbons (Fsp3) is 0.562. The predicted octanol–water partition coefficient (Wildman–Crippen LogP) is 2.37. The Labute approximate surface area is 133 Å². The van der Waals surface area contributed by atoms with Gasteiger partial charge < -0.3 is 5.32 Å². The first-order chi connectivity index (χ1) is 9.94. The molecule has 0 saturated carbocycles. The first-order valence-corrected chi connectivity index (χ1v) is 9.16. The molecule has 22 heavy (non-hydrogen) atoms. The minimum Gasteiger partial charge on any atom is -0.350 e. The van der Waals surface area contributed by atoms with E-state index >= 15 is 0 Å². The summed E-state index contributed by atoms with van der Waals surface area (Å²) in [4.78, 5) is 12.2. The second-order valence-electron chi connectivity index (χ2n) is 6.40. The molecule has 5 nitrogen and oxygen atoms in total. The fourth-order valence-corrected chi connectivity index (χ4v) is 2.97. The Kier molecular flexibility index (Phi) is 5.62. The lowest BCUT2D eigenvalue weighted by Gasteiger charge is -2.28. The Hall–Kier alpha value is -1.56. The third-order valence-electron chi connectivity index (χ3n) is 3.54. The summed E-state index contributed by atoms with van der Waals surface area (Å²) in [7, 11) is -3.54. The van der Waals surface area contributed by atoms with Gasteiger partial charge in [-0.25, -0.2) is 8.42 Å². The molecule has 0 bridgehead atoms. The third-order valence-corrected chi connectivity index (χ3v) is 4.68. The molecule has 1 aromatic rings. The van der Waals surface area contributed by atoms with Crippen LogP contribution in [0, 0.1) is 13.8 Å². The van der Waals surface area contributed by atoms with Crippen molar-refractivity contribution in [2.45, 2.75) is 46.6 Å². The maximum absolute atomic E-state index is 12.2. The van der Waals surface area contributed by atoms with Gasteiger partial charge >= 0.3 is 0 Å². The average Bonchev–Trinajstić information content (AvgIpc) is 2.32. The van der Waals surface area contributed by atoms with Gasteiger partial charge in [-0.1, -0.05) is 13.0 Å². The van der Waals surface area contributed by atoms with E-state index in [2.05, 4.69) is 5.32 Å². The first-order valence-electron chi connectivity index (χ1n) is 7.31. The lowest BCUT2D eigenvalue weighted by atomic mass is 10.0. The van der Waals surface area contributed by atoms with Gasteiger partial charge in [-0.2, -0.15) is 0 Å². The van der Waals surface area contributed by atoms with Crippen molar-refractivity contribution in [3.05, 3.63) is 29.3 Å². The zero-order valence-electron chi connectivity index (χ0n) is 14.2. The topological polar surface area (TPSA) is 66.5 Å². The number of carbonyl (C=O) groups excluding carboxylic acids is 1. The summed E-state index contributed by atoms with van der Waals surface area (Å²) in [5, 5.41) is 2.86. The normalized spacial score (nSPS) is 12.1. The molecule has 124 valence electrons. The molecule has 0 spiro atoms. The lowest BCUT2D eigenvalue weighted by Crippen LogP contribution is -2.48. The van der Waals surface area contributed by atoms with Crippen LogP contribution in [0.1, 0.15) is 38.3 Å². The standard InChI is InChI=1S/C16H26N2O3S/c1-7-16(4,5)17-15(19)11-18(22(6,20)21)14-9-12(2)8-13(3)10-14/h8-10H,7,11H2,1-6H3,(H,17,19). The molecule has 0 aliphatic heterocycles. The van der Waals surface area contributed by atoms with Crippen molar-refractivity contribution in [1.29, 1.82) is 0 Å². The highest BCUT2D eigenvalue weighted by Gasteiger charge is 2.24. The van der Waals surface area contributed by atoms with Crippen LogP contribution in [0.3, 0.4) is 0 Å². The van der Waals surface area contributed by atoms with Crippen LogP contribution in [-0.2, 0) is 14.8 Å². The number of anilines is 1. The number of benzene rings is 1. The molecule has 0 fully saturated rings. The monoisotopic (exact) mass is 326 g/mol. The minimum absolute atomic E-state index is 0.217. The molecule has 0 saturated heterocycles. The number of hydrogen-bond donors (Lipinski definition) is 1. The quantitative estimate of drug-likeness (QED) is 0.873. The smallest absolute Gasteiger partial charge is 0.241 e. The number of sulfonamides is 1. The second kappa shape index (κ2) is 6.69. The van der Waals surface area contributed by atoms with Crippen molar-refractivity contribution in [2.24, 2.45) is 0 Å². The van der Waals surface area contributed by atoms with Gasteiger partial charge in [0.25, 0.3) is 0 Å². The van der Waals surface area contributed by atoms with E-state index in [4.69, 9.17) is 0 Å². The van der Waals surface area contributed by atoms with Crippen LogP contribution in [0.25, 0.3) is 0 Å². The highest BCUT2D eigenvalue weighted by atomic mass is 32.2. The molecule has 0 aromatic heterocycles. The van der Waals surface area contributed by atoms with E-state index < -0.39 is 10.0 Å². The molecule has 1 amide bonds. The minimum atomic E-state index is -3.54. The van der Waals surface area contributed by atoms with Gasteiger partial charge in [-0.05, 0) is 57.4 Å². The molecule has 0 aliphatic rings. The molecule has 1 rings (SSSR count). The number of hydrogen-bond acceptors (Lipinski definition) is 3. The van der Waals surface area contributed by atoms with Gasteiger partial charge in [0.1, 0.15) is 6.54 Å². The number of nitrogens with zero attached hydrogens (tertiary/aromatic N) is 1. The van der Waals surface area contributed by atoms with Crippen molar-refractivity contribution in [2.75, 3.05) is 17.1 Å². The Morgan fingerprint density at radius 2 is 1.68 bits per heavy atom. The maximum Gasteiger partial charge on any atom is 0.241 e. The van der Waals surface area contributed by atoms with Gasteiger partial charge in [-0.15, -0.1) is 0 Å². The van der Waals surface area contributed by atoms with Crippen molar-refractivity contribution in [3.8, 4) is 0 Å². The van der Waals surface area contributed by atoms with Crippen LogP contribution in [0.5, 0.6) is 0 Å². The Morgan fingerprint density at radius 3 is 2.09 bits per heavy atom. The van der Waals surface area contributed by atoms with E-state index in [1.54, 1.807) is 12.1 Å². The van der Waals surface area contributed by atoms with Crippen LogP contribution in [0.4, 0.5) is 5.69 Å². The van der Waals surface area contributed by atoms with E-state index in [1.807, 2.05) is 40.7 Å². The summed E-state index contributed by atoms with van der Waals surface area (Å²) in [6.45, 7) is 9.37. The summed E-state index contributed by atoms with van der Waals surface area (Å²) < 4.78 is 25.3. The largest absolute Gasteiger partial charge is 0.350 e. The van der Waals surface area contributed by atoms with E-state index in [9.17, 15) is 13.2 Å². The van der Waals surface area contributed by atoms with Gasteiger partial charge in [0.15, 0.2) is 0 Å². The molecule has 6 heteroatoms. The first kappa shape index (κ1) is 18.5. The zero-order chi connectivity index (χ0) is 17.1. The SMILES string of the molecule is CCC(C)(C)NC(=O)CN(c1cc(C)cc(C)c1)S(C)(=O)=O. The van der Waals surface area contributed by atoms with Crippen molar-refractivity contribution in [3.63, 3.8) is 0 Å². The van der Waals surface area contributed by atoms with E-state index in [0.29, 0.717) is 5.69 Å². The molecular formula is C16H26N2O3S. The van der Waals surface area contributed by atoms with Crippen LogP contribution < -0.4 is 9.62 Å². The second-order valence-corrected chi connectivity index (χ2v) is 8.31. The molecule has 0 heterocycles. The summed E-state index contributed by atoms with van der Waals surface area (Å²) in [6, 6.07) is 5.50. The van der Waals surface area contributed by atoms with Gasteiger partial charge in [0.2, 0.25) is 15.9 Å². The molecule has 0 atom stereocenters. The molecular weight excluding hydrogens is 300 g/mol. The van der Waals surface area contributed by atoms with Crippen LogP contribution in [0.15, 0.2) is 18.2 Å². The van der Waals surface area contributed by atoms with E-state index in [-0.39, 0.29) is 18.0 Å². The van der Waals surface area contributed by atoms with Gasteiger partial charge in [0, 0.05) is 5.54 Å². The number of amides is 1. The highest BCUT2D eigenvalue weighted by Crippen LogP contribution is 2.21. The number of aryl methyl sites for hydroxylation is 2. The van der Waals surface area contributed by atoms with E-state index in [1.165, 1.54) is 0 Å². The number of nitrogens with one attached hydrogen (secondary N) is 1. The molecule has 1 aromatic carbocycles. The van der Waals surface area contributed by atoms with E-state index in [0.717, 1.165) is 28.1 Å². The Balaban J connectivity index is 3.08. The summed E-state index contributed by atoms with van der Waals surface area (Å²) in [5.74, 6) is -0.309. The van der Waals surface area contributed by atoms with Crippen LogP contribution in [-0.4, -0.2) is 32.7 Å². The molecule has 0 radical (unpaired) electrons. The maximum atomic E-state index is 12.2. The zero-order valence-corrected chi connectivity index (χ0v) is 15.0. The van der Waals surface area contributed by atoms with Gasteiger partial charge in [-0.3, -0.25) is 9.10 Å². The third kappa shape index (κ3) is 5.33. The molecule has 1 N–H and O–H groups in total. The van der Waals surface area contributed by atoms with Crippen LogP contribution >= 0.6 is 0 Å². The summed E-state index contributed by atoms with van der Waals surface area (Å²) >= 11 is 0. The number of carbonyl (C=O) groups is 1. The van der Waals surface area contributed by atoms with Crippen molar-refractivity contribution in [1.82, 2.24) is 5.32 Å². The van der Waals surface area contributed by atoms with Gasteiger partial charge in [0.05, 0.1) is 11.9 Å². The molecule has 0 aliphatic carbocycles. The highest BCUT2D eigenvalue weighted by molar-refractivity contribution is 7.92. The average molecular weight is 326 g/mol. The lowest BCUT2D eigenvalue weighted by molar-refractivity contribution is -0.121.